The van der Waals surface area contributed by atoms with E-state index >= 15 is 0 Å². The van der Waals surface area contributed by atoms with Gasteiger partial charge in [0.05, 0.1) is 12.5 Å². The lowest BCUT2D eigenvalue weighted by atomic mass is 10.1. The predicted molar refractivity (Wildman–Crippen MR) is 63.0 cm³/mol. The highest BCUT2D eigenvalue weighted by Gasteiger charge is 2.32. The molecule has 0 saturated carbocycles. The van der Waals surface area contributed by atoms with E-state index in [2.05, 4.69) is 15.5 Å². The maximum Gasteiger partial charge on any atom is 0.391 e. The highest BCUT2D eigenvalue weighted by Crippen LogP contribution is 2.31. The fourth-order valence-corrected chi connectivity index (χ4v) is 1.83. The Morgan fingerprint density at radius 2 is 2.05 bits per heavy atom. The third-order valence-corrected chi connectivity index (χ3v) is 2.69. The van der Waals surface area contributed by atoms with Crippen LogP contribution in [0.3, 0.4) is 0 Å². The molecule has 1 aromatic carbocycles. The first-order chi connectivity index (χ1) is 9.28. The summed E-state index contributed by atoms with van der Waals surface area (Å²) in [4.78, 5) is 0. The molecule has 1 unspecified atom stereocenters. The number of hydrogen-bond acceptors (Lipinski definition) is 4. The van der Waals surface area contributed by atoms with E-state index in [-0.39, 0.29) is 17.1 Å². The predicted octanol–water partition coefficient (Wildman–Crippen LogP) is 2.57. The second-order valence-electron chi connectivity index (χ2n) is 4.35. The molecule has 2 N–H and O–H groups in total. The number of nitrogens with zero attached hydrogens (tertiary/aromatic N) is 4. The summed E-state index contributed by atoms with van der Waals surface area (Å²) in [6.07, 6.45) is -5.41. The van der Waals surface area contributed by atoms with Crippen LogP contribution in [0.5, 0.6) is 0 Å². The highest BCUT2D eigenvalue weighted by atomic mass is 19.4. The smallest absolute Gasteiger partial charge is 0.391 e. The summed E-state index contributed by atoms with van der Waals surface area (Å²) in [5.41, 5.74) is 5.98. The number of tetrazole rings is 1. The molecule has 1 aromatic heterocycles. The summed E-state index contributed by atoms with van der Waals surface area (Å²) in [6, 6.07) is 2.53. The van der Waals surface area contributed by atoms with Crippen molar-refractivity contribution in [3.05, 3.63) is 24.0 Å². The Bertz CT molecular complexity index is 607. The SMILES string of the molecule is CC(CC(F)(F)F)n1nnnc1-c1ccc(F)cc1N. The molecule has 2 rings (SSSR count). The number of nitrogens with two attached hydrogens (primary N) is 1. The van der Waals surface area contributed by atoms with Crippen molar-refractivity contribution >= 4 is 5.69 Å². The number of hydrogen-bond donors (Lipinski definition) is 1. The Morgan fingerprint density at radius 3 is 2.65 bits per heavy atom. The molecule has 0 aliphatic rings. The topological polar surface area (TPSA) is 69.6 Å². The largest absolute Gasteiger partial charge is 0.398 e. The number of halogens is 4. The van der Waals surface area contributed by atoms with Gasteiger partial charge in [-0.2, -0.15) is 13.2 Å². The van der Waals surface area contributed by atoms with Crippen molar-refractivity contribution in [2.75, 3.05) is 5.73 Å². The van der Waals surface area contributed by atoms with Crippen molar-refractivity contribution in [1.82, 2.24) is 20.2 Å². The summed E-state index contributed by atoms with van der Waals surface area (Å²) in [7, 11) is 0. The van der Waals surface area contributed by atoms with Crippen LogP contribution in [0, 0.1) is 5.82 Å². The van der Waals surface area contributed by atoms with Crippen molar-refractivity contribution in [3.63, 3.8) is 0 Å². The summed E-state index contributed by atoms with van der Waals surface area (Å²) in [6.45, 7) is 1.34. The van der Waals surface area contributed by atoms with Gasteiger partial charge in [0.25, 0.3) is 0 Å². The van der Waals surface area contributed by atoms with Gasteiger partial charge in [0.15, 0.2) is 5.82 Å². The standard InChI is InChI=1S/C11H11F4N5/c1-6(5-11(13,14)15)20-10(17-18-19-20)8-3-2-7(12)4-9(8)16/h2-4,6H,5,16H2,1H3. The number of aromatic nitrogens is 4. The minimum Gasteiger partial charge on any atom is -0.398 e. The summed E-state index contributed by atoms with van der Waals surface area (Å²) < 4.78 is 51.2. The molecular formula is C11H11F4N5. The molecule has 5 nitrogen and oxygen atoms in total. The number of alkyl halides is 3. The van der Waals surface area contributed by atoms with Crippen LogP contribution in [0.2, 0.25) is 0 Å². The van der Waals surface area contributed by atoms with Crippen molar-refractivity contribution in [2.24, 2.45) is 0 Å². The quantitative estimate of drug-likeness (QED) is 0.696. The molecule has 0 bridgehead atoms. The van der Waals surface area contributed by atoms with E-state index in [0.29, 0.717) is 0 Å². The van der Waals surface area contributed by atoms with Gasteiger partial charge in [0, 0.05) is 11.3 Å². The van der Waals surface area contributed by atoms with Crippen LogP contribution in [-0.2, 0) is 0 Å². The van der Waals surface area contributed by atoms with E-state index < -0.39 is 24.5 Å². The Hall–Kier alpha value is -2.19. The first-order valence-corrected chi connectivity index (χ1v) is 5.68. The van der Waals surface area contributed by atoms with Gasteiger partial charge < -0.3 is 5.73 Å². The normalized spacial score (nSPS) is 13.4. The lowest BCUT2D eigenvalue weighted by Gasteiger charge is -2.15. The van der Waals surface area contributed by atoms with Crippen molar-refractivity contribution in [2.45, 2.75) is 25.6 Å². The second kappa shape index (κ2) is 5.06. The Morgan fingerprint density at radius 1 is 1.35 bits per heavy atom. The molecule has 0 saturated heterocycles. The van der Waals surface area contributed by atoms with Gasteiger partial charge in [-0.1, -0.05) is 0 Å². The average Bonchev–Trinajstić information content (AvgIpc) is 2.75. The molecule has 0 amide bonds. The third kappa shape index (κ3) is 3.03. The van der Waals surface area contributed by atoms with Crippen LogP contribution < -0.4 is 5.73 Å². The van der Waals surface area contributed by atoms with E-state index in [1.165, 1.54) is 13.0 Å². The fourth-order valence-electron chi connectivity index (χ4n) is 1.83. The molecule has 9 heteroatoms. The molecule has 20 heavy (non-hydrogen) atoms. The summed E-state index contributed by atoms with van der Waals surface area (Å²) >= 11 is 0. The van der Waals surface area contributed by atoms with Gasteiger partial charge in [0.2, 0.25) is 0 Å². The Labute approximate surface area is 111 Å². The minimum absolute atomic E-state index is 0.0558. The monoisotopic (exact) mass is 289 g/mol. The highest BCUT2D eigenvalue weighted by molar-refractivity contribution is 5.71. The van der Waals surface area contributed by atoms with E-state index in [1.807, 2.05) is 0 Å². The molecular weight excluding hydrogens is 278 g/mol. The summed E-state index contributed by atoms with van der Waals surface area (Å²) in [5.74, 6) is -0.479. The van der Waals surface area contributed by atoms with Crippen LogP contribution in [-0.4, -0.2) is 26.4 Å². The van der Waals surface area contributed by atoms with Crippen LogP contribution >= 0.6 is 0 Å². The van der Waals surface area contributed by atoms with Crippen molar-refractivity contribution in [1.29, 1.82) is 0 Å². The van der Waals surface area contributed by atoms with E-state index in [0.717, 1.165) is 16.8 Å². The second-order valence-corrected chi connectivity index (χ2v) is 4.35. The Balaban J connectivity index is 2.38. The number of benzene rings is 1. The molecule has 1 heterocycles. The molecule has 2 aromatic rings. The van der Waals surface area contributed by atoms with Gasteiger partial charge in [-0.25, -0.2) is 9.07 Å². The van der Waals surface area contributed by atoms with Gasteiger partial charge in [0.1, 0.15) is 5.82 Å². The zero-order valence-corrected chi connectivity index (χ0v) is 10.4. The number of nitrogen functional groups attached to an aromatic ring is 1. The molecule has 0 spiro atoms. The first-order valence-electron chi connectivity index (χ1n) is 5.68. The van der Waals surface area contributed by atoms with Crippen LogP contribution in [0.4, 0.5) is 23.2 Å². The lowest BCUT2D eigenvalue weighted by molar-refractivity contribution is -0.142. The molecule has 0 aliphatic carbocycles. The molecule has 0 aliphatic heterocycles. The third-order valence-electron chi connectivity index (χ3n) is 2.69. The van der Waals surface area contributed by atoms with Crippen LogP contribution in [0.25, 0.3) is 11.4 Å². The maximum atomic E-state index is 13.0. The van der Waals surface area contributed by atoms with E-state index in [9.17, 15) is 17.6 Å². The molecule has 0 fully saturated rings. The van der Waals surface area contributed by atoms with Crippen LogP contribution in [0.1, 0.15) is 19.4 Å². The molecule has 108 valence electrons. The number of anilines is 1. The van der Waals surface area contributed by atoms with Gasteiger partial charge >= 0.3 is 6.18 Å². The van der Waals surface area contributed by atoms with Crippen molar-refractivity contribution in [3.8, 4) is 11.4 Å². The zero-order chi connectivity index (χ0) is 14.9. The Kier molecular flexibility index (Phi) is 3.60. The zero-order valence-electron chi connectivity index (χ0n) is 10.4. The van der Waals surface area contributed by atoms with E-state index in [4.69, 9.17) is 5.73 Å². The average molecular weight is 289 g/mol. The van der Waals surface area contributed by atoms with Gasteiger partial charge in [-0.05, 0) is 35.5 Å². The summed E-state index contributed by atoms with van der Waals surface area (Å²) in [5, 5.41) is 10.6. The van der Waals surface area contributed by atoms with Gasteiger partial charge in [-0.15, -0.1) is 5.10 Å². The lowest BCUT2D eigenvalue weighted by Crippen LogP contribution is -2.18. The maximum absolute atomic E-state index is 13.0. The minimum atomic E-state index is -4.34. The van der Waals surface area contributed by atoms with Gasteiger partial charge in [-0.3, -0.25) is 0 Å². The van der Waals surface area contributed by atoms with Crippen molar-refractivity contribution < 1.29 is 17.6 Å². The van der Waals surface area contributed by atoms with Crippen LogP contribution in [0.15, 0.2) is 18.2 Å². The van der Waals surface area contributed by atoms with E-state index in [1.54, 1.807) is 0 Å². The fraction of sp³-hybridized carbons (Fsp3) is 0.364. The number of rotatable bonds is 3. The molecule has 0 radical (unpaired) electrons. The molecule has 1 atom stereocenters. The first kappa shape index (κ1) is 14.2.